The summed E-state index contributed by atoms with van der Waals surface area (Å²) in [5, 5.41) is 9.99. The van der Waals surface area contributed by atoms with Crippen LogP contribution in [0.25, 0.3) is 0 Å². The van der Waals surface area contributed by atoms with Gasteiger partial charge >= 0.3 is 0 Å². The first kappa shape index (κ1) is 15.6. The number of benzene rings is 1. The Bertz CT molecular complexity index is 461. The maximum atomic E-state index is 13.4. The highest BCUT2D eigenvalue weighted by Crippen LogP contribution is 2.25. The summed E-state index contributed by atoms with van der Waals surface area (Å²) in [6.45, 7) is 3.37. The van der Waals surface area contributed by atoms with Gasteiger partial charge in [0.05, 0.1) is 5.56 Å². The van der Waals surface area contributed by atoms with Crippen molar-refractivity contribution < 1.29 is 14.3 Å². The highest BCUT2D eigenvalue weighted by molar-refractivity contribution is 5.97. The van der Waals surface area contributed by atoms with Gasteiger partial charge < -0.3 is 14.9 Å². The van der Waals surface area contributed by atoms with Crippen LogP contribution >= 0.6 is 0 Å². The van der Waals surface area contributed by atoms with Crippen LogP contribution in [0.1, 0.15) is 22.8 Å². The summed E-state index contributed by atoms with van der Waals surface area (Å²) < 4.78 is 13.4. The summed E-state index contributed by atoms with van der Waals surface area (Å²) in [5.41, 5.74) is 0.475. The van der Waals surface area contributed by atoms with Gasteiger partial charge in [0.15, 0.2) is 5.78 Å². The van der Waals surface area contributed by atoms with E-state index in [1.165, 1.54) is 13.0 Å². The smallest absolute Gasteiger partial charge is 0.163 e. The van der Waals surface area contributed by atoms with Crippen LogP contribution in [0.2, 0.25) is 0 Å². The van der Waals surface area contributed by atoms with Gasteiger partial charge in [-0.25, -0.2) is 4.39 Å². The maximum Gasteiger partial charge on any atom is 0.163 e. The number of Topliss-reactive ketones (excluding diaryl/α,β-unsaturated/α-hetero) is 1. The molecule has 1 aromatic rings. The second-order valence-electron chi connectivity index (χ2n) is 5.06. The van der Waals surface area contributed by atoms with Crippen LogP contribution in [0.3, 0.4) is 0 Å². The number of hydrogen-bond donors (Lipinski definition) is 1. The maximum absolute atomic E-state index is 13.4. The van der Waals surface area contributed by atoms with Crippen LogP contribution in [-0.4, -0.2) is 54.9 Å². The number of carbonyl (C=O) groups is 1. The van der Waals surface area contributed by atoms with E-state index in [-0.39, 0.29) is 17.1 Å². The van der Waals surface area contributed by atoms with E-state index < -0.39 is 5.82 Å². The normalized spacial score (nSPS) is 11.3. The number of aromatic hydroxyl groups is 1. The largest absolute Gasteiger partial charge is 0.507 e. The third-order valence-corrected chi connectivity index (χ3v) is 2.90. The average Bonchev–Trinajstić information content (AvgIpc) is 2.30. The van der Waals surface area contributed by atoms with E-state index in [1.54, 1.807) is 0 Å². The van der Waals surface area contributed by atoms with E-state index in [1.807, 2.05) is 30.9 Å². The molecule has 19 heavy (non-hydrogen) atoms. The quantitative estimate of drug-likeness (QED) is 0.798. The molecule has 0 bridgehead atoms. The van der Waals surface area contributed by atoms with Crippen LogP contribution in [-0.2, 0) is 6.54 Å². The number of likely N-dealkylation sites (N-methyl/N-ethyl adjacent to an activating group) is 2. The number of phenols is 1. The summed E-state index contributed by atoms with van der Waals surface area (Å²) in [6.07, 6.45) is 0. The standard InChI is InChI=1S/C14H21FN2O2/c1-10(18)13-8-12(15)7-11(14(13)19)9-17(4)6-5-16(2)3/h7-8,19H,5-6,9H2,1-4H3. The first-order chi connectivity index (χ1) is 8.81. The molecular formula is C14H21FN2O2. The molecule has 0 radical (unpaired) electrons. The van der Waals surface area contributed by atoms with Gasteiger partial charge in [-0.1, -0.05) is 0 Å². The molecule has 0 atom stereocenters. The lowest BCUT2D eigenvalue weighted by Crippen LogP contribution is -2.28. The van der Waals surface area contributed by atoms with Crippen molar-refractivity contribution in [2.45, 2.75) is 13.5 Å². The molecule has 0 unspecified atom stereocenters. The lowest BCUT2D eigenvalue weighted by atomic mass is 10.1. The first-order valence-corrected chi connectivity index (χ1v) is 6.17. The number of ketones is 1. The summed E-state index contributed by atoms with van der Waals surface area (Å²) in [4.78, 5) is 15.3. The minimum absolute atomic E-state index is 0.0380. The average molecular weight is 268 g/mol. The monoisotopic (exact) mass is 268 g/mol. The van der Waals surface area contributed by atoms with Gasteiger partial charge in [-0.05, 0) is 40.2 Å². The van der Waals surface area contributed by atoms with Crippen molar-refractivity contribution in [3.8, 4) is 5.75 Å². The molecule has 0 aromatic heterocycles. The molecule has 0 spiro atoms. The van der Waals surface area contributed by atoms with Gasteiger partial charge in [0.2, 0.25) is 0 Å². The van der Waals surface area contributed by atoms with E-state index in [2.05, 4.69) is 0 Å². The predicted octanol–water partition coefficient (Wildman–Crippen LogP) is 1.73. The lowest BCUT2D eigenvalue weighted by Gasteiger charge is -2.20. The molecule has 1 aromatic carbocycles. The number of halogens is 1. The Balaban J connectivity index is 2.86. The Kier molecular flexibility index (Phi) is 5.44. The number of phenolic OH excluding ortho intramolecular Hbond substituents is 1. The molecule has 0 aliphatic carbocycles. The van der Waals surface area contributed by atoms with Gasteiger partial charge in [-0.15, -0.1) is 0 Å². The molecule has 0 amide bonds. The highest BCUT2D eigenvalue weighted by atomic mass is 19.1. The number of hydrogen-bond acceptors (Lipinski definition) is 4. The summed E-state index contributed by atoms with van der Waals surface area (Å²) >= 11 is 0. The zero-order valence-electron chi connectivity index (χ0n) is 11.9. The molecule has 0 saturated carbocycles. The van der Waals surface area contributed by atoms with Gasteiger partial charge in [0.25, 0.3) is 0 Å². The van der Waals surface area contributed by atoms with Crippen LogP contribution in [0.4, 0.5) is 4.39 Å². The van der Waals surface area contributed by atoms with Crippen molar-refractivity contribution in [2.75, 3.05) is 34.2 Å². The van der Waals surface area contributed by atoms with Crippen molar-refractivity contribution in [1.29, 1.82) is 0 Å². The summed E-state index contributed by atoms with van der Waals surface area (Å²) in [7, 11) is 5.84. The van der Waals surface area contributed by atoms with Gasteiger partial charge in [-0.3, -0.25) is 4.79 Å². The van der Waals surface area contributed by atoms with Crippen molar-refractivity contribution >= 4 is 5.78 Å². The Hall–Kier alpha value is -1.46. The molecule has 0 heterocycles. The molecule has 1 rings (SSSR count). The Morgan fingerprint density at radius 3 is 2.42 bits per heavy atom. The zero-order valence-corrected chi connectivity index (χ0v) is 11.9. The number of nitrogens with zero attached hydrogens (tertiary/aromatic N) is 2. The molecule has 4 nitrogen and oxygen atoms in total. The third-order valence-electron chi connectivity index (χ3n) is 2.90. The second kappa shape index (κ2) is 6.63. The Morgan fingerprint density at radius 1 is 1.26 bits per heavy atom. The molecule has 1 N–H and O–H groups in total. The fraction of sp³-hybridized carbons (Fsp3) is 0.500. The first-order valence-electron chi connectivity index (χ1n) is 6.17. The van der Waals surface area contributed by atoms with Crippen molar-refractivity contribution in [3.63, 3.8) is 0 Å². The topological polar surface area (TPSA) is 43.8 Å². The molecule has 0 fully saturated rings. The summed E-state index contributed by atoms with van der Waals surface area (Å²) in [5.74, 6) is -0.959. The van der Waals surface area contributed by atoms with E-state index in [9.17, 15) is 14.3 Å². The molecule has 0 aliphatic heterocycles. The van der Waals surface area contributed by atoms with E-state index in [4.69, 9.17) is 0 Å². The van der Waals surface area contributed by atoms with Crippen LogP contribution in [0.15, 0.2) is 12.1 Å². The summed E-state index contributed by atoms with van der Waals surface area (Å²) in [6, 6.07) is 2.34. The second-order valence-corrected chi connectivity index (χ2v) is 5.06. The number of rotatable bonds is 6. The molecule has 106 valence electrons. The van der Waals surface area contributed by atoms with Crippen molar-refractivity contribution in [3.05, 3.63) is 29.1 Å². The minimum Gasteiger partial charge on any atom is -0.507 e. The van der Waals surface area contributed by atoms with E-state index in [0.29, 0.717) is 12.1 Å². The molecular weight excluding hydrogens is 247 g/mol. The Labute approximate surface area is 113 Å². The SMILES string of the molecule is CC(=O)c1cc(F)cc(CN(C)CCN(C)C)c1O. The third kappa shape index (κ3) is 4.61. The van der Waals surface area contributed by atoms with Crippen molar-refractivity contribution in [2.24, 2.45) is 0 Å². The predicted molar refractivity (Wildman–Crippen MR) is 73.0 cm³/mol. The highest BCUT2D eigenvalue weighted by Gasteiger charge is 2.14. The van der Waals surface area contributed by atoms with E-state index >= 15 is 0 Å². The van der Waals surface area contributed by atoms with Gasteiger partial charge in [-0.2, -0.15) is 0 Å². The minimum atomic E-state index is -0.501. The zero-order chi connectivity index (χ0) is 14.6. The molecule has 0 aliphatic rings. The van der Waals surface area contributed by atoms with E-state index in [0.717, 1.165) is 19.2 Å². The van der Waals surface area contributed by atoms with Crippen LogP contribution < -0.4 is 0 Å². The van der Waals surface area contributed by atoms with Crippen molar-refractivity contribution in [1.82, 2.24) is 9.80 Å². The Morgan fingerprint density at radius 2 is 1.89 bits per heavy atom. The lowest BCUT2D eigenvalue weighted by molar-refractivity contribution is 0.101. The van der Waals surface area contributed by atoms with Gasteiger partial charge in [0.1, 0.15) is 11.6 Å². The fourth-order valence-electron chi connectivity index (χ4n) is 1.79. The van der Waals surface area contributed by atoms with Gasteiger partial charge in [0, 0.05) is 25.2 Å². The van der Waals surface area contributed by atoms with Crippen LogP contribution in [0.5, 0.6) is 5.75 Å². The van der Waals surface area contributed by atoms with Crippen LogP contribution in [0, 0.1) is 5.82 Å². The molecule has 0 saturated heterocycles. The molecule has 5 heteroatoms. The number of carbonyl (C=O) groups excluding carboxylic acids is 1. The fourth-order valence-corrected chi connectivity index (χ4v) is 1.79.